The molecule has 1 aromatic heterocycles. The Hall–Kier alpha value is -1.47. The summed E-state index contributed by atoms with van der Waals surface area (Å²) in [5, 5.41) is 11.6. The van der Waals surface area contributed by atoms with Crippen molar-refractivity contribution >= 4 is 11.9 Å². The smallest absolute Gasteiger partial charge is 0.230 e. The van der Waals surface area contributed by atoms with Crippen LogP contribution in [0.4, 0.5) is 11.9 Å². The first kappa shape index (κ1) is 42.9. The molecule has 2 saturated heterocycles. The van der Waals surface area contributed by atoms with Crippen LogP contribution >= 0.6 is 0 Å². The van der Waals surface area contributed by atoms with Gasteiger partial charge in [0.15, 0.2) is 0 Å². The molecule has 0 spiro atoms. The van der Waals surface area contributed by atoms with Gasteiger partial charge in [-0.05, 0) is 137 Å². The molecule has 0 saturated carbocycles. The second-order valence-electron chi connectivity index (χ2n) is 22.6. The van der Waals surface area contributed by atoms with Crippen LogP contribution in [0.5, 0.6) is 0 Å². The molecule has 0 aromatic carbocycles. The van der Waals surface area contributed by atoms with Gasteiger partial charge in [0.2, 0.25) is 11.9 Å². The summed E-state index contributed by atoms with van der Waals surface area (Å²) in [6, 6.07) is 0.351. The number of unbranched alkanes of at least 4 members (excludes halogenated alkanes) is 3. The van der Waals surface area contributed by atoms with E-state index < -0.39 is 0 Å². The maximum Gasteiger partial charge on any atom is 0.230 e. The number of nitrogens with one attached hydrogen (secondary N) is 3. The Morgan fingerprint density at radius 3 is 1.68 bits per heavy atom. The van der Waals surface area contributed by atoms with Crippen molar-refractivity contribution in [1.82, 2.24) is 25.6 Å². The Morgan fingerprint density at radius 2 is 1.20 bits per heavy atom. The first-order valence-corrected chi connectivity index (χ1v) is 20.4. The lowest BCUT2D eigenvalue weighted by Crippen LogP contribution is -2.62. The highest BCUT2D eigenvalue weighted by Crippen LogP contribution is 2.42. The quantitative estimate of drug-likeness (QED) is 0.167. The lowest BCUT2D eigenvalue weighted by atomic mass is 9.67. The SMILES string of the molecule is CC(C)C(CCCCCCN(c1nc(NC(C)(C)CC(C)(C)C)nc(C(C)(C)C)n1)C1CC(C)(C)NC(C)(C)C1)C1CC(C)(C)NC(C)(C)C1. The largest absolute Gasteiger partial charge is 0.349 e. The van der Waals surface area contributed by atoms with Crippen molar-refractivity contribution in [1.29, 1.82) is 0 Å². The van der Waals surface area contributed by atoms with Crippen molar-refractivity contribution in [2.45, 2.75) is 228 Å². The van der Waals surface area contributed by atoms with E-state index >= 15 is 0 Å². The van der Waals surface area contributed by atoms with Crippen molar-refractivity contribution in [3.8, 4) is 0 Å². The van der Waals surface area contributed by atoms with Crippen LogP contribution in [0.3, 0.4) is 0 Å². The van der Waals surface area contributed by atoms with Gasteiger partial charge in [0, 0.05) is 45.7 Å². The molecular weight excluding hydrogens is 615 g/mol. The summed E-state index contributed by atoms with van der Waals surface area (Å²) in [5.41, 5.74) is 0.331. The molecule has 2 aliphatic rings. The van der Waals surface area contributed by atoms with E-state index in [1.807, 2.05) is 0 Å². The van der Waals surface area contributed by atoms with E-state index in [1.165, 1.54) is 38.5 Å². The molecule has 0 radical (unpaired) electrons. The minimum Gasteiger partial charge on any atom is -0.349 e. The van der Waals surface area contributed by atoms with Gasteiger partial charge in [-0.2, -0.15) is 15.0 Å². The van der Waals surface area contributed by atoms with Crippen molar-refractivity contribution in [2.24, 2.45) is 23.2 Å². The van der Waals surface area contributed by atoms with Crippen molar-refractivity contribution < 1.29 is 0 Å². The molecule has 3 heterocycles. The molecule has 290 valence electrons. The van der Waals surface area contributed by atoms with Gasteiger partial charge >= 0.3 is 0 Å². The zero-order valence-corrected chi connectivity index (χ0v) is 36.4. The Kier molecular flexibility index (Phi) is 13.3. The van der Waals surface area contributed by atoms with Crippen LogP contribution in [0, 0.1) is 23.2 Å². The predicted molar refractivity (Wildman–Crippen MR) is 217 cm³/mol. The summed E-state index contributed by atoms with van der Waals surface area (Å²) in [6.07, 6.45) is 12.0. The first-order chi connectivity index (χ1) is 22.5. The molecule has 3 N–H and O–H groups in total. The second kappa shape index (κ2) is 15.5. The Morgan fingerprint density at radius 1 is 0.700 bits per heavy atom. The zero-order valence-electron chi connectivity index (χ0n) is 36.4. The van der Waals surface area contributed by atoms with E-state index in [0.29, 0.717) is 12.0 Å². The van der Waals surface area contributed by atoms with E-state index in [-0.39, 0.29) is 38.5 Å². The summed E-state index contributed by atoms with van der Waals surface area (Å²) in [7, 11) is 0. The third-order valence-corrected chi connectivity index (χ3v) is 11.0. The molecule has 0 bridgehead atoms. The molecular formula is C43H83N7. The second-order valence-corrected chi connectivity index (χ2v) is 22.6. The standard InChI is InChI=1S/C43H83N7/c1-30(2)33(31-25-39(9,10)48-40(11,12)26-31)23-21-19-20-22-24-50(32-27-41(13,14)49-42(15,16)28-32)36-45-34(38(6,7)8)44-35(46-36)47-43(17,18)29-37(3,4)5/h30-33,48-49H,19-29H2,1-18H3,(H,44,45,46,47). The minimum atomic E-state index is -0.188. The van der Waals surface area contributed by atoms with Crippen LogP contribution < -0.4 is 20.9 Å². The van der Waals surface area contributed by atoms with E-state index in [2.05, 4.69) is 145 Å². The molecule has 1 aromatic rings. The molecule has 7 nitrogen and oxygen atoms in total. The molecule has 2 fully saturated rings. The highest BCUT2D eigenvalue weighted by Gasteiger charge is 2.42. The summed E-state index contributed by atoms with van der Waals surface area (Å²) in [5.74, 6) is 4.72. The zero-order chi connectivity index (χ0) is 38.1. The molecule has 0 amide bonds. The summed E-state index contributed by atoms with van der Waals surface area (Å²) in [4.78, 5) is 18.1. The molecule has 3 rings (SSSR count). The maximum absolute atomic E-state index is 5.25. The molecule has 0 aliphatic carbocycles. The fraction of sp³-hybridized carbons (Fsp3) is 0.930. The van der Waals surface area contributed by atoms with Crippen LogP contribution in [0.1, 0.15) is 195 Å². The van der Waals surface area contributed by atoms with Crippen LogP contribution in [0.2, 0.25) is 0 Å². The van der Waals surface area contributed by atoms with Gasteiger partial charge in [-0.1, -0.05) is 74.7 Å². The van der Waals surface area contributed by atoms with Gasteiger partial charge in [-0.25, -0.2) is 0 Å². The molecule has 1 unspecified atom stereocenters. The van der Waals surface area contributed by atoms with E-state index in [1.54, 1.807) is 0 Å². The van der Waals surface area contributed by atoms with Crippen molar-refractivity contribution in [3.05, 3.63) is 5.82 Å². The number of aromatic nitrogens is 3. The molecule has 1 atom stereocenters. The Labute approximate surface area is 310 Å². The van der Waals surface area contributed by atoms with E-state index in [0.717, 1.165) is 61.8 Å². The maximum atomic E-state index is 5.25. The molecule has 50 heavy (non-hydrogen) atoms. The number of hydrogen-bond acceptors (Lipinski definition) is 7. The average molecular weight is 698 g/mol. The number of piperidine rings is 2. The number of anilines is 2. The van der Waals surface area contributed by atoms with Gasteiger partial charge in [-0.3, -0.25) is 0 Å². The van der Waals surface area contributed by atoms with Crippen molar-refractivity contribution in [2.75, 3.05) is 16.8 Å². The van der Waals surface area contributed by atoms with Crippen LogP contribution in [-0.2, 0) is 5.41 Å². The van der Waals surface area contributed by atoms with E-state index in [4.69, 9.17) is 15.0 Å². The van der Waals surface area contributed by atoms with E-state index in [9.17, 15) is 0 Å². The van der Waals surface area contributed by atoms with Crippen LogP contribution in [-0.4, -0.2) is 55.2 Å². The lowest BCUT2D eigenvalue weighted by molar-refractivity contribution is 0.0706. The van der Waals surface area contributed by atoms with Gasteiger partial charge in [0.05, 0.1) is 0 Å². The number of rotatable bonds is 14. The first-order valence-electron chi connectivity index (χ1n) is 20.4. The van der Waals surface area contributed by atoms with Gasteiger partial charge in [-0.15, -0.1) is 0 Å². The van der Waals surface area contributed by atoms with Gasteiger partial charge in [0.25, 0.3) is 0 Å². The van der Waals surface area contributed by atoms with Crippen LogP contribution in [0.25, 0.3) is 0 Å². The molecule has 7 heteroatoms. The number of hydrogen-bond donors (Lipinski definition) is 3. The minimum absolute atomic E-state index is 0.0317. The average Bonchev–Trinajstić information content (AvgIpc) is 2.83. The highest BCUT2D eigenvalue weighted by molar-refractivity contribution is 5.41. The topological polar surface area (TPSA) is 78.0 Å². The normalized spacial score (nSPS) is 22.1. The van der Waals surface area contributed by atoms with Crippen molar-refractivity contribution in [3.63, 3.8) is 0 Å². The van der Waals surface area contributed by atoms with Gasteiger partial charge < -0.3 is 20.9 Å². The Bertz CT molecular complexity index is 1200. The fourth-order valence-electron chi connectivity index (χ4n) is 10.3. The highest BCUT2D eigenvalue weighted by atomic mass is 15.3. The summed E-state index contributed by atoms with van der Waals surface area (Å²) >= 11 is 0. The third-order valence-electron chi connectivity index (χ3n) is 11.0. The molecule has 2 aliphatic heterocycles. The third kappa shape index (κ3) is 13.5. The lowest BCUT2D eigenvalue weighted by Gasteiger charge is -2.50. The Balaban J connectivity index is 1.82. The number of nitrogens with zero attached hydrogens (tertiary/aromatic N) is 4. The summed E-state index contributed by atoms with van der Waals surface area (Å²) < 4.78 is 0. The van der Waals surface area contributed by atoms with Gasteiger partial charge in [0.1, 0.15) is 5.82 Å². The van der Waals surface area contributed by atoms with Crippen LogP contribution in [0.15, 0.2) is 0 Å². The fourth-order valence-corrected chi connectivity index (χ4v) is 10.3. The predicted octanol–water partition coefficient (Wildman–Crippen LogP) is 10.7. The summed E-state index contributed by atoms with van der Waals surface area (Å²) in [6.45, 7) is 43.0. The monoisotopic (exact) mass is 698 g/mol.